The van der Waals surface area contributed by atoms with Crippen LogP contribution < -0.4 is 20.7 Å². The number of aryl methyl sites for hydroxylation is 1. The number of guanidine groups is 1. The molecule has 1 aromatic rings. The number of hydrogen-bond donors (Lipinski definition) is 3. The third-order valence-electron chi connectivity index (χ3n) is 3.32. The molecule has 0 saturated heterocycles. The lowest BCUT2D eigenvalue weighted by molar-refractivity contribution is 0.0529. The second-order valence-corrected chi connectivity index (χ2v) is 6.85. The Kier molecular flexibility index (Phi) is 8.75. The Hall–Kier alpha value is -2.44. The zero-order chi connectivity index (χ0) is 19.6. The van der Waals surface area contributed by atoms with Crippen molar-refractivity contribution in [1.29, 1.82) is 0 Å². The monoisotopic (exact) mass is 364 g/mol. The van der Waals surface area contributed by atoms with Gasteiger partial charge in [-0.2, -0.15) is 0 Å². The van der Waals surface area contributed by atoms with Gasteiger partial charge < -0.3 is 25.4 Å². The first-order chi connectivity index (χ1) is 12.2. The summed E-state index contributed by atoms with van der Waals surface area (Å²) in [6.45, 7) is 11.8. The van der Waals surface area contributed by atoms with Crippen LogP contribution in [0.25, 0.3) is 0 Å². The van der Waals surface area contributed by atoms with Gasteiger partial charge in [-0.05, 0) is 51.8 Å². The van der Waals surface area contributed by atoms with E-state index in [1.165, 1.54) is 0 Å². The van der Waals surface area contributed by atoms with Crippen molar-refractivity contribution in [2.24, 2.45) is 4.99 Å². The molecule has 0 bridgehead atoms. The van der Waals surface area contributed by atoms with Crippen LogP contribution in [0.5, 0.6) is 5.75 Å². The number of hydrogen-bond acceptors (Lipinski definition) is 4. The first-order valence-corrected chi connectivity index (χ1v) is 8.87. The van der Waals surface area contributed by atoms with E-state index in [0.29, 0.717) is 25.6 Å². The average molecular weight is 364 g/mol. The summed E-state index contributed by atoms with van der Waals surface area (Å²) in [6.07, 6.45) is -0.423. The molecule has 0 heterocycles. The Balaban J connectivity index is 2.50. The molecule has 0 aliphatic carbocycles. The quantitative estimate of drug-likeness (QED) is 0.393. The van der Waals surface area contributed by atoms with Crippen LogP contribution in [0.1, 0.15) is 38.8 Å². The first-order valence-electron chi connectivity index (χ1n) is 8.87. The van der Waals surface area contributed by atoms with E-state index in [1.807, 2.05) is 52.8 Å². The molecular weight excluding hydrogens is 332 g/mol. The van der Waals surface area contributed by atoms with Crippen molar-refractivity contribution < 1.29 is 14.3 Å². The van der Waals surface area contributed by atoms with Gasteiger partial charge in [0.25, 0.3) is 0 Å². The molecule has 3 N–H and O–H groups in total. The first kappa shape index (κ1) is 21.6. The molecule has 0 radical (unpaired) electrons. The minimum absolute atomic E-state index is 0.423. The van der Waals surface area contributed by atoms with Crippen LogP contribution in [0.2, 0.25) is 0 Å². The minimum atomic E-state index is -0.497. The lowest BCUT2D eigenvalue weighted by atomic mass is 10.1. The van der Waals surface area contributed by atoms with Gasteiger partial charge in [-0.3, -0.25) is 0 Å². The number of nitrogens with one attached hydrogen (secondary N) is 3. The van der Waals surface area contributed by atoms with Crippen molar-refractivity contribution in [2.75, 3.05) is 26.7 Å². The van der Waals surface area contributed by atoms with E-state index in [0.717, 1.165) is 23.4 Å². The van der Waals surface area contributed by atoms with Crippen molar-refractivity contribution in [2.45, 2.75) is 46.8 Å². The molecule has 0 aromatic heterocycles. The van der Waals surface area contributed by atoms with Gasteiger partial charge >= 0.3 is 6.09 Å². The minimum Gasteiger partial charge on any atom is -0.496 e. The van der Waals surface area contributed by atoms with Crippen molar-refractivity contribution >= 4 is 12.1 Å². The number of rotatable bonds is 7. The fraction of sp³-hybridized carbons (Fsp3) is 0.579. The number of amides is 1. The summed E-state index contributed by atoms with van der Waals surface area (Å²) in [7, 11) is 1.67. The number of aliphatic imine (C=N–C) groups is 1. The second kappa shape index (κ2) is 10.5. The van der Waals surface area contributed by atoms with Gasteiger partial charge in [0.05, 0.1) is 13.7 Å². The number of carbonyl (C=O) groups is 1. The highest BCUT2D eigenvalue weighted by molar-refractivity contribution is 5.79. The Labute approximate surface area is 156 Å². The van der Waals surface area contributed by atoms with Crippen molar-refractivity contribution in [3.05, 3.63) is 29.3 Å². The van der Waals surface area contributed by atoms with Gasteiger partial charge in [-0.25, -0.2) is 9.79 Å². The zero-order valence-electron chi connectivity index (χ0n) is 16.7. The maximum Gasteiger partial charge on any atom is 0.407 e. The largest absolute Gasteiger partial charge is 0.496 e. The van der Waals surface area contributed by atoms with Crippen LogP contribution in [0, 0.1) is 6.92 Å². The van der Waals surface area contributed by atoms with Gasteiger partial charge in [0.15, 0.2) is 5.96 Å². The maximum absolute atomic E-state index is 11.6. The summed E-state index contributed by atoms with van der Waals surface area (Å²) in [5.41, 5.74) is 1.67. The maximum atomic E-state index is 11.6. The zero-order valence-corrected chi connectivity index (χ0v) is 16.7. The van der Waals surface area contributed by atoms with Crippen LogP contribution in [-0.2, 0) is 11.3 Å². The van der Waals surface area contributed by atoms with E-state index in [-0.39, 0.29) is 0 Å². The molecule has 1 rings (SSSR count). The van der Waals surface area contributed by atoms with Crippen molar-refractivity contribution in [3.8, 4) is 5.75 Å². The predicted molar refractivity (Wildman–Crippen MR) is 105 cm³/mol. The highest BCUT2D eigenvalue weighted by Crippen LogP contribution is 2.19. The molecule has 0 fully saturated rings. The Morgan fingerprint density at radius 2 is 1.85 bits per heavy atom. The smallest absolute Gasteiger partial charge is 0.407 e. The molecule has 7 heteroatoms. The van der Waals surface area contributed by atoms with Gasteiger partial charge in [-0.1, -0.05) is 12.1 Å². The molecule has 0 atom stereocenters. The molecule has 0 saturated carbocycles. The van der Waals surface area contributed by atoms with E-state index in [4.69, 9.17) is 9.47 Å². The number of ether oxygens (including phenoxy) is 2. The van der Waals surface area contributed by atoms with Crippen LogP contribution in [0.3, 0.4) is 0 Å². The molecule has 1 aromatic carbocycles. The molecular formula is C19H32N4O3. The van der Waals surface area contributed by atoms with Gasteiger partial charge in [0.2, 0.25) is 0 Å². The molecule has 0 unspecified atom stereocenters. The Bertz CT molecular complexity index is 609. The number of nitrogens with zero attached hydrogens (tertiary/aromatic N) is 1. The Morgan fingerprint density at radius 3 is 2.46 bits per heavy atom. The highest BCUT2D eigenvalue weighted by Gasteiger charge is 2.15. The summed E-state index contributed by atoms with van der Waals surface area (Å²) in [6, 6.07) is 6.05. The lowest BCUT2D eigenvalue weighted by Crippen LogP contribution is -2.42. The average Bonchev–Trinajstić information content (AvgIpc) is 2.56. The van der Waals surface area contributed by atoms with Crippen LogP contribution in [-0.4, -0.2) is 44.4 Å². The van der Waals surface area contributed by atoms with Crippen LogP contribution >= 0.6 is 0 Å². The van der Waals surface area contributed by atoms with Crippen LogP contribution in [0.15, 0.2) is 23.2 Å². The van der Waals surface area contributed by atoms with E-state index in [2.05, 4.69) is 20.9 Å². The topological polar surface area (TPSA) is 84.0 Å². The van der Waals surface area contributed by atoms with Gasteiger partial charge in [0.1, 0.15) is 11.4 Å². The molecule has 0 spiro atoms. The summed E-state index contributed by atoms with van der Waals surface area (Å²) in [5.74, 6) is 1.55. The predicted octanol–water partition coefficient (Wildman–Crippen LogP) is 2.58. The normalized spacial score (nSPS) is 11.7. The molecule has 0 aliphatic rings. The van der Waals surface area contributed by atoms with Gasteiger partial charge in [0, 0.05) is 19.6 Å². The number of methoxy groups -OCH3 is 1. The fourth-order valence-corrected chi connectivity index (χ4v) is 2.13. The van der Waals surface area contributed by atoms with Crippen LogP contribution in [0.4, 0.5) is 4.79 Å². The van der Waals surface area contributed by atoms with Crippen molar-refractivity contribution in [1.82, 2.24) is 16.0 Å². The summed E-state index contributed by atoms with van der Waals surface area (Å²) in [5, 5.41) is 9.08. The number of carbonyl (C=O) groups excluding carboxylic acids is 1. The molecule has 7 nitrogen and oxygen atoms in total. The second-order valence-electron chi connectivity index (χ2n) is 6.85. The van der Waals surface area contributed by atoms with E-state index < -0.39 is 11.7 Å². The summed E-state index contributed by atoms with van der Waals surface area (Å²) >= 11 is 0. The standard InChI is InChI=1S/C19H32N4O3/c1-7-20-17(21-10-11-22-18(24)26-19(3,4)5)23-13-15-9-8-14(2)16(12-15)25-6/h8-9,12H,7,10-11,13H2,1-6H3,(H,22,24)(H2,20,21,23). The third kappa shape index (κ3) is 8.60. The van der Waals surface area contributed by atoms with Crippen molar-refractivity contribution in [3.63, 3.8) is 0 Å². The molecule has 1 amide bonds. The number of alkyl carbamates (subject to hydrolysis) is 1. The SMILES string of the molecule is CCNC(=NCc1ccc(C)c(OC)c1)NCCNC(=O)OC(C)(C)C. The summed E-state index contributed by atoms with van der Waals surface area (Å²) < 4.78 is 10.5. The third-order valence-corrected chi connectivity index (χ3v) is 3.32. The summed E-state index contributed by atoms with van der Waals surface area (Å²) in [4.78, 5) is 16.2. The molecule has 26 heavy (non-hydrogen) atoms. The molecule has 146 valence electrons. The van der Waals surface area contributed by atoms with E-state index >= 15 is 0 Å². The van der Waals surface area contributed by atoms with E-state index in [1.54, 1.807) is 7.11 Å². The van der Waals surface area contributed by atoms with E-state index in [9.17, 15) is 4.79 Å². The number of benzene rings is 1. The Morgan fingerprint density at radius 1 is 1.15 bits per heavy atom. The highest BCUT2D eigenvalue weighted by atomic mass is 16.6. The fourth-order valence-electron chi connectivity index (χ4n) is 2.13. The lowest BCUT2D eigenvalue weighted by Gasteiger charge is -2.19. The van der Waals surface area contributed by atoms with Gasteiger partial charge in [-0.15, -0.1) is 0 Å². The molecule has 0 aliphatic heterocycles.